The molecule has 4 nitrogen and oxygen atoms in total. The van der Waals surface area contributed by atoms with Crippen molar-refractivity contribution in [2.75, 3.05) is 19.7 Å². The van der Waals surface area contributed by atoms with Gasteiger partial charge in [-0.05, 0) is 57.9 Å². The minimum absolute atomic E-state index is 0.221. The maximum atomic E-state index is 12.1. The van der Waals surface area contributed by atoms with E-state index in [9.17, 15) is 4.79 Å². The molecular formula is C17H24BrNO3. The van der Waals surface area contributed by atoms with Crippen molar-refractivity contribution in [1.29, 1.82) is 0 Å². The molecule has 1 aliphatic heterocycles. The molecule has 1 saturated heterocycles. The van der Waals surface area contributed by atoms with Gasteiger partial charge in [-0.3, -0.25) is 0 Å². The van der Waals surface area contributed by atoms with Gasteiger partial charge in [-0.15, -0.1) is 0 Å². The Balaban J connectivity index is 1.82. The van der Waals surface area contributed by atoms with E-state index in [0.717, 1.165) is 29.6 Å². The number of carbonyl (C=O) groups is 1. The molecular weight excluding hydrogens is 346 g/mol. The molecule has 2 rings (SSSR count). The predicted molar refractivity (Wildman–Crippen MR) is 90.2 cm³/mol. The molecule has 0 aromatic heterocycles. The molecule has 0 aliphatic carbocycles. The van der Waals surface area contributed by atoms with Gasteiger partial charge in [0.05, 0.1) is 6.61 Å². The van der Waals surface area contributed by atoms with Crippen LogP contribution in [0, 0.1) is 5.92 Å². The Morgan fingerprint density at radius 1 is 1.32 bits per heavy atom. The van der Waals surface area contributed by atoms with Crippen molar-refractivity contribution < 1.29 is 14.3 Å². The quantitative estimate of drug-likeness (QED) is 0.788. The van der Waals surface area contributed by atoms with Crippen molar-refractivity contribution in [3.8, 4) is 5.75 Å². The third-order valence-electron chi connectivity index (χ3n) is 3.47. The second-order valence-electron chi connectivity index (χ2n) is 6.70. The average molecular weight is 370 g/mol. The number of benzene rings is 1. The second-order valence-corrected chi connectivity index (χ2v) is 7.62. The largest absolute Gasteiger partial charge is 0.493 e. The molecule has 5 heteroatoms. The number of hydrogen-bond acceptors (Lipinski definition) is 3. The summed E-state index contributed by atoms with van der Waals surface area (Å²) in [6.07, 6.45) is 1.85. The first kappa shape index (κ1) is 17.1. The Morgan fingerprint density at radius 3 is 2.64 bits per heavy atom. The highest BCUT2D eigenvalue weighted by atomic mass is 79.9. The van der Waals surface area contributed by atoms with Gasteiger partial charge in [0, 0.05) is 23.5 Å². The summed E-state index contributed by atoms with van der Waals surface area (Å²) in [6, 6.07) is 7.81. The van der Waals surface area contributed by atoms with E-state index in [-0.39, 0.29) is 6.09 Å². The predicted octanol–water partition coefficient (Wildman–Crippen LogP) is 4.48. The number of amides is 1. The van der Waals surface area contributed by atoms with Crippen molar-refractivity contribution >= 4 is 22.0 Å². The van der Waals surface area contributed by atoms with Crippen molar-refractivity contribution in [3.63, 3.8) is 0 Å². The molecule has 1 aromatic carbocycles. The van der Waals surface area contributed by atoms with Crippen LogP contribution in [0.15, 0.2) is 28.7 Å². The van der Waals surface area contributed by atoms with Crippen LogP contribution in [0.5, 0.6) is 5.75 Å². The smallest absolute Gasteiger partial charge is 0.410 e. The number of carbonyl (C=O) groups excluding carboxylic acids is 1. The third-order valence-corrected chi connectivity index (χ3v) is 4.00. The van der Waals surface area contributed by atoms with E-state index in [2.05, 4.69) is 15.9 Å². The van der Waals surface area contributed by atoms with Crippen molar-refractivity contribution in [1.82, 2.24) is 4.90 Å². The lowest BCUT2D eigenvalue weighted by Gasteiger charge is -2.34. The lowest BCUT2D eigenvalue weighted by atomic mass is 9.99. The standard InChI is InChI=1S/C17H24BrNO3/c1-17(2,3)22-16(20)19-10-4-5-13(11-19)12-21-15-8-6-14(18)7-9-15/h6-9,13H,4-5,10-12H2,1-3H3. The molecule has 0 bridgehead atoms. The summed E-state index contributed by atoms with van der Waals surface area (Å²) in [5.41, 5.74) is -0.446. The number of halogens is 1. The van der Waals surface area contributed by atoms with Crippen molar-refractivity contribution in [3.05, 3.63) is 28.7 Å². The zero-order chi connectivity index (χ0) is 16.2. The Morgan fingerprint density at radius 2 is 2.00 bits per heavy atom. The first-order chi connectivity index (χ1) is 10.3. The average Bonchev–Trinajstić information content (AvgIpc) is 2.45. The zero-order valence-corrected chi connectivity index (χ0v) is 15.1. The van der Waals surface area contributed by atoms with Gasteiger partial charge in [-0.25, -0.2) is 4.79 Å². The highest BCUT2D eigenvalue weighted by molar-refractivity contribution is 9.10. The van der Waals surface area contributed by atoms with Crippen molar-refractivity contribution in [2.24, 2.45) is 5.92 Å². The van der Waals surface area contributed by atoms with Gasteiger partial charge in [0.2, 0.25) is 0 Å². The van der Waals surface area contributed by atoms with Gasteiger partial charge in [0.1, 0.15) is 11.4 Å². The summed E-state index contributed by atoms with van der Waals surface area (Å²) in [5.74, 6) is 1.21. The van der Waals surface area contributed by atoms with Gasteiger partial charge < -0.3 is 14.4 Å². The SMILES string of the molecule is CC(C)(C)OC(=O)N1CCCC(COc2ccc(Br)cc2)C1. The highest BCUT2D eigenvalue weighted by Gasteiger charge is 2.27. The number of piperidine rings is 1. The molecule has 1 atom stereocenters. The second kappa shape index (κ2) is 7.36. The molecule has 1 aliphatic rings. The van der Waals surface area contributed by atoms with Crippen LogP contribution in [0.25, 0.3) is 0 Å². The summed E-state index contributed by atoms with van der Waals surface area (Å²) in [4.78, 5) is 13.9. The Kier molecular flexibility index (Phi) is 5.73. The Labute approximate surface area is 140 Å². The number of hydrogen-bond donors (Lipinski definition) is 0. The molecule has 122 valence electrons. The summed E-state index contributed by atoms with van der Waals surface area (Å²) in [6.45, 7) is 7.77. The molecule has 1 heterocycles. The fourth-order valence-electron chi connectivity index (χ4n) is 2.44. The highest BCUT2D eigenvalue weighted by Crippen LogP contribution is 2.22. The van der Waals surface area contributed by atoms with Gasteiger partial charge >= 0.3 is 6.09 Å². The van der Waals surface area contributed by atoms with Gasteiger partial charge in [0.15, 0.2) is 0 Å². The van der Waals surface area contributed by atoms with Gasteiger partial charge in [-0.1, -0.05) is 15.9 Å². The number of nitrogens with zero attached hydrogens (tertiary/aromatic N) is 1. The van der Waals surface area contributed by atoms with E-state index in [1.54, 1.807) is 4.90 Å². The molecule has 1 amide bonds. The lowest BCUT2D eigenvalue weighted by Crippen LogP contribution is -2.44. The third kappa shape index (κ3) is 5.52. The molecule has 1 unspecified atom stereocenters. The summed E-state index contributed by atoms with van der Waals surface area (Å²) in [7, 11) is 0. The first-order valence-corrected chi connectivity index (χ1v) is 8.49. The molecule has 0 saturated carbocycles. The van der Waals surface area contributed by atoms with Crippen LogP contribution >= 0.6 is 15.9 Å². The lowest BCUT2D eigenvalue weighted by molar-refractivity contribution is 0.0139. The van der Waals surface area contributed by atoms with Crippen LogP contribution in [-0.4, -0.2) is 36.3 Å². The van der Waals surface area contributed by atoms with Crippen LogP contribution in [0.4, 0.5) is 4.79 Å². The van der Waals surface area contributed by atoms with Gasteiger partial charge in [-0.2, -0.15) is 0 Å². The van der Waals surface area contributed by atoms with Gasteiger partial charge in [0.25, 0.3) is 0 Å². The number of ether oxygens (including phenoxy) is 2. The molecule has 1 aromatic rings. The monoisotopic (exact) mass is 369 g/mol. The molecule has 0 radical (unpaired) electrons. The molecule has 22 heavy (non-hydrogen) atoms. The summed E-state index contributed by atoms with van der Waals surface area (Å²) >= 11 is 3.41. The Hall–Kier alpha value is -1.23. The summed E-state index contributed by atoms with van der Waals surface area (Å²) < 4.78 is 12.3. The number of likely N-dealkylation sites (tertiary alicyclic amines) is 1. The van der Waals surface area contributed by atoms with Crippen LogP contribution in [0.3, 0.4) is 0 Å². The molecule has 1 fully saturated rings. The minimum Gasteiger partial charge on any atom is -0.493 e. The zero-order valence-electron chi connectivity index (χ0n) is 13.5. The normalized spacial score (nSPS) is 18.9. The van der Waals surface area contributed by atoms with Crippen molar-refractivity contribution in [2.45, 2.75) is 39.2 Å². The van der Waals surface area contributed by atoms with Crippen LogP contribution in [0.2, 0.25) is 0 Å². The maximum Gasteiger partial charge on any atom is 0.410 e. The minimum atomic E-state index is -0.446. The number of rotatable bonds is 3. The maximum absolute atomic E-state index is 12.1. The van der Waals surface area contributed by atoms with E-state index in [0.29, 0.717) is 19.1 Å². The van der Waals surface area contributed by atoms with E-state index in [4.69, 9.17) is 9.47 Å². The topological polar surface area (TPSA) is 38.8 Å². The van der Waals surface area contributed by atoms with E-state index in [1.165, 1.54) is 0 Å². The van der Waals surface area contributed by atoms with Crippen LogP contribution in [-0.2, 0) is 4.74 Å². The van der Waals surface area contributed by atoms with E-state index < -0.39 is 5.60 Å². The van der Waals surface area contributed by atoms with E-state index >= 15 is 0 Å². The fourth-order valence-corrected chi connectivity index (χ4v) is 2.70. The Bertz CT molecular complexity index is 496. The first-order valence-electron chi connectivity index (χ1n) is 7.70. The molecule has 0 spiro atoms. The fraction of sp³-hybridized carbons (Fsp3) is 0.588. The van der Waals surface area contributed by atoms with Crippen LogP contribution < -0.4 is 4.74 Å². The molecule has 0 N–H and O–H groups in total. The van der Waals surface area contributed by atoms with E-state index in [1.807, 2.05) is 45.0 Å². The van der Waals surface area contributed by atoms with Crippen LogP contribution in [0.1, 0.15) is 33.6 Å². The summed E-state index contributed by atoms with van der Waals surface area (Å²) in [5, 5.41) is 0.